The fourth-order valence-electron chi connectivity index (χ4n) is 1.73. The van der Waals surface area contributed by atoms with Gasteiger partial charge in [-0.05, 0) is 37.6 Å². The predicted molar refractivity (Wildman–Crippen MR) is 73.4 cm³/mol. The summed E-state index contributed by atoms with van der Waals surface area (Å²) in [5.74, 6) is 0.259. The first-order valence-corrected chi connectivity index (χ1v) is 5.82. The molecule has 0 unspecified atom stereocenters. The number of hydrogen-bond acceptors (Lipinski definition) is 6. The highest BCUT2D eigenvalue weighted by molar-refractivity contribution is 5.61. The van der Waals surface area contributed by atoms with Crippen LogP contribution in [0.1, 0.15) is 17.0 Å². The standard InChI is InChI=1S/C13H13N3O4/c1-8-7-10(17)3-4-11(8)14-6-5-12-13(16(18)19)9(2)15-20-12/h3-7,14,17H,1-2H3/b6-5+. The van der Waals surface area contributed by atoms with Gasteiger partial charge in [-0.25, -0.2) is 0 Å². The number of aromatic nitrogens is 1. The van der Waals surface area contributed by atoms with Gasteiger partial charge in [-0.15, -0.1) is 0 Å². The lowest BCUT2D eigenvalue weighted by Crippen LogP contribution is -1.92. The van der Waals surface area contributed by atoms with Gasteiger partial charge < -0.3 is 14.9 Å². The van der Waals surface area contributed by atoms with Crippen LogP contribution in [-0.2, 0) is 0 Å². The molecule has 2 aromatic rings. The maximum Gasteiger partial charge on any atom is 0.338 e. The maximum absolute atomic E-state index is 10.9. The minimum Gasteiger partial charge on any atom is -0.508 e. The van der Waals surface area contributed by atoms with E-state index >= 15 is 0 Å². The van der Waals surface area contributed by atoms with E-state index in [-0.39, 0.29) is 22.9 Å². The second kappa shape index (κ2) is 5.43. The molecule has 0 aliphatic carbocycles. The van der Waals surface area contributed by atoms with Crippen molar-refractivity contribution in [2.45, 2.75) is 13.8 Å². The fraction of sp³-hybridized carbons (Fsp3) is 0.154. The highest BCUT2D eigenvalue weighted by Crippen LogP contribution is 2.24. The number of anilines is 1. The fourth-order valence-corrected chi connectivity index (χ4v) is 1.73. The van der Waals surface area contributed by atoms with Gasteiger partial charge in [0.15, 0.2) is 5.69 Å². The SMILES string of the molecule is Cc1cc(O)ccc1N/C=C/c1onc(C)c1[N+](=O)[O-]. The lowest BCUT2D eigenvalue weighted by atomic mass is 10.2. The third-order valence-corrected chi connectivity index (χ3v) is 2.72. The summed E-state index contributed by atoms with van der Waals surface area (Å²) in [4.78, 5) is 10.3. The molecule has 0 saturated heterocycles. The van der Waals surface area contributed by atoms with Crippen LogP contribution in [0.2, 0.25) is 0 Å². The summed E-state index contributed by atoms with van der Waals surface area (Å²) in [7, 11) is 0. The van der Waals surface area contributed by atoms with Crippen molar-refractivity contribution in [1.29, 1.82) is 0 Å². The van der Waals surface area contributed by atoms with Gasteiger partial charge in [0, 0.05) is 18.0 Å². The van der Waals surface area contributed by atoms with Crippen LogP contribution < -0.4 is 5.32 Å². The Morgan fingerprint density at radius 2 is 2.20 bits per heavy atom. The Hall–Kier alpha value is -2.83. The summed E-state index contributed by atoms with van der Waals surface area (Å²) < 4.78 is 4.89. The monoisotopic (exact) mass is 275 g/mol. The van der Waals surface area contributed by atoms with E-state index in [2.05, 4.69) is 10.5 Å². The van der Waals surface area contributed by atoms with Gasteiger partial charge in [-0.1, -0.05) is 5.16 Å². The number of benzene rings is 1. The number of hydrogen-bond donors (Lipinski definition) is 2. The number of aromatic hydroxyl groups is 1. The molecule has 2 rings (SSSR count). The molecule has 0 radical (unpaired) electrons. The number of nitrogens with one attached hydrogen (secondary N) is 1. The number of phenols is 1. The Kier molecular flexibility index (Phi) is 3.69. The Labute approximate surface area is 114 Å². The zero-order valence-corrected chi connectivity index (χ0v) is 11.0. The molecule has 0 fully saturated rings. The molecule has 0 saturated carbocycles. The molecule has 0 spiro atoms. The molecule has 104 valence electrons. The van der Waals surface area contributed by atoms with Gasteiger partial charge in [0.1, 0.15) is 5.75 Å². The van der Waals surface area contributed by atoms with Gasteiger partial charge in [0.05, 0.1) is 4.92 Å². The summed E-state index contributed by atoms with van der Waals surface area (Å²) in [6.07, 6.45) is 2.96. The van der Waals surface area contributed by atoms with Crippen LogP contribution in [0.25, 0.3) is 6.08 Å². The largest absolute Gasteiger partial charge is 0.508 e. The zero-order valence-electron chi connectivity index (χ0n) is 11.0. The van der Waals surface area contributed by atoms with E-state index in [0.29, 0.717) is 0 Å². The van der Waals surface area contributed by atoms with Crippen molar-refractivity contribution in [3.05, 3.63) is 51.5 Å². The molecule has 7 nitrogen and oxygen atoms in total. The molecule has 0 aliphatic rings. The highest BCUT2D eigenvalue weighted by atomic mass is 16.6. The molecule has 1 aromatic carbocycles. The van der Waals surface area contributed by atoms with Crippen molar-refractivity contribution in [2.75, 3.05) is 5.32 Å². The Bertz CT molecular complexity index is 676. The average molecular weight is 275 g/mol. The zero-order chi connectivity index (χ0) is 14.7. The smallest absolute Gasteiger partial charge is 0.338 e. The van der Waals surface area contributed by atoms with Crippen LogP contribution >= 0.6 is 0 Å². The average Bonchev–Trinajstić information content (AvgIpc) is 2.73. The highest BCUT2D eigenvalue weighted by Gasteiger charge is 2.21. The minimum atomic E-state index is -0.530. The topological polar surface area (TPSA) is 101 Å². The summed E-state index contributed by atoms with van der Waals surface area (Å²) >= 11 is 0. The van der Waals surface area contributed by atoms with Crippen molar-refractivity contribution in [3.8, 4) is 5.75 Å². The molecule has 0 aliphatic heterocycles. The van der Waals surface area contributed by atoms with E-state index in [1.165, 1.54) is 19.2 Å². The first-order valence-electron chi connectivity index (χ1n) is 5.82. The first kappa shape index (κ1) is 13.6. The minimum absolute atomic E-state index is 0.0800. The second-order valence-electron chi connectivity index (χ2n) is 4.21. The van der Waals surface area contributed by atoms with E-state index in [9.17, 15) is 15.2 Å². The molecule has 0 bridgehead atoms. The third kappa shape index (κ3) is 2.77. The lowest BCUT2D eigenvalue weighted by Gasteiger charge is -2.04. The van der Waals surface area contributed by atoms with Crippen molar-refractivity contribution in [1.82, 2.24) is 5.16 Å². The number of aryl methyl sites for hydroxylation is 2. The van der Waals surface area contributed by atoms with E-state index < -0.39 is 4.92 Å². The van der Waals surface area contributed by atoms with E-state index in [4.69, 9.17) is 4.52 Å². The molecule has 2 N–H and O–H groups in total. The summed E-state index contributed by atoms with van der Waals surface area (Å²) in [5, 5.41) is 26.7. The molecule has 7 heteroatoms. The number of nitro groups is 1. The Balaban J connectivity index is 2.16. The van der Waals surface area contributed by atoms with Crippen LogP contribution in [0.3, 0.4) is 0 Å². The van der Waals surface area contributed by atoms with Crippen molar-refractivity contribution in [3.63, 3.8) is 0 Å². The molecule has 1 heterocycles. The van der Waals surface area contributed by atoms with Crippen LogP contribution in [0.5, 0.6) is 5.75 Å². The molecular formula is C13H13N3O4. The van der Waals surface area contributed by atoms with Gasteiger partial charge in [0.2, 0.25) is 5.76 Å². The number of nitrogens with zero attached hydrogens (tertiary/aromatic N) is 2. The van der Waals surface area contributed by atoms with Crippen molar-refractivity contribution >= 4 is 17.5 Å². The van der Waals surface area contributed by atoms with Gasteiger partial charge in [-0.2, -0.15) is 0 Å². The van der Waals surface area contributed by atoms with Gasteiger partial charge in [0.25, 0.3) is 0 Å². The van der Waals surface area contributed by atoms with E-state index in [1.54, 1.807) is 18.2 Å². The Morgan fingerprint density at radius 1 is 1.45 bits per heavy atom. The number of phenolic OH excluding ortho intramolecular Hbond substituents is 1. The third-order valence-electron chi connectivity index (χ3n) is 2.72. The molecule has 20 heavy (non-hydrogen) atoms. The van der Waals surface area contributed by atoms with Crippen LogP contribution in [0, 0.1) is 24.0 Å². The lowest BCUT2D eigenvalue weighted by molar-refractivity contribution is -0.386. The molecule has 1 aromatic heterocycles. The van der Waals surface area contributed by atoms with Gasteiger partial charge in [-0.3, -0.25) is 10.1 Å². The van der Waals surface area contributed by atoms with E-state index in [0.717, 1.165) is 11.3 Å². The maximum atomic E-state index is 10.9. The van der Waals surface area contributed by atoms with Crippen molar-refractivity contribution < 1.29 is 14.6 Å². The van der Waals surface area contributed by atoms with Crippen LogP contribution in [0.4, 0.5) is 11.4 Å². The molecule has 0 atom stereocenters. The summed E-state index contributed by atoms with van der Waals surface area (Å²) in [6.45, 7) is 3.34. The van der Waals surface area contributed by atoms with Gasteiger partial charge >= 0.3 is 5.69 Å². The molecular weight excluding hydrogens is 262 g/mol. The molecule has 0 amide bonds. The second-order valence-corrected chi connectivity index (χ2v) is 4.21. The quantitative estimate of drug-likeness (QED) is 0.505. The predicted octanol–water partition coefficient (Wildman–Crippen LogP) is 2.99. The van der Waals surface area contributed by atoms with Crippen LogP contribution in [0.15, 0.2) is 28.9 Å². The summed E-state index contributed by atoms with van der Waals surface area (Å²) in [6, 6.07) is 4.86. The summed E-state index contributed by atoms with van der Waals surface area (Å²) in [5.41, 5.74) is 1.71. The Morgan fingerprint density at radius 3 is 2.85 bits per heavy atom. The number of rotatable bonds is 4. The first-order chi connectivity index (χ1) is 9.49. The van der Waals surface area contributed by atoms with Crippen LogP contribution in [-0.4, -0.2) is 15.2 Å². The van der Waals surface area contributed by atoms with Crippen molar-refractivity contribution in [2.24, 2.45) is 0 Å². The van der Waals surface area contributed by atoms with E-state index in [1.807, 2.05) is 6.92 Å². The normalized spacial score (nSPS) is 10.9.